The van der Waals surface area contributed by atoms with E-state index in [4.69, 9.17) is 14.2 Å². The highest BCUT2D eigenvalue weighted by atomic mass is 16.6. The van der Waals surface area contributed by atoms with E-state index >= 15 is 0 Å². The molecule has 4 aliphatic heterocycles. The largest absolute Gasteiger partial charge is 0.455 e. The Bertz CT molecular complexity index is 1340. The summed E-state index contributed by atoms with van der Waals surface area (Å²) in [7, 11) is 0. The smallest absolute Gasteiger partial charge is 0.313 e. The number of benzene rings is 1. The van der Waals surface area contributed by atoms with Gasteiger partial charge in [0.1, 0.15) is 17.7 Å². The summed E-state index contributed by atoms with van der Waals surface area (Å²) in [5, 5.41) is 13.2. The van der Waals surface area contributed by atoms with Crippen LogP contribution in [0, 0.1) is 11.8 Å². The first-order valence-corrected chi connectivity index (χ1v) is 17.1. The summed E-state index contributed by atoms with van der Waals surface area (Å²) in [6.45, 7) is 14.8. The predicted molar refractivity (Wildman–Crippen MR) is 177 cm³/mol. The number of esters is 1. The van der Waals surface area contributed by atoms with Crippen LogP contribution in [-0.2, 0) is 33.4 Å². The molecule has 1 aromatic rings. The van der Waals surface area contributed by atoms with Gasteiger partial charge in [0.05, 0.1) is 49.8 Å². The van der Waals surface area contributed by atoms with Crippen molar-refractivity contribution in [2.75, 3.05) is 52.5 Å². The van der Waals surface area contributed by atoms with Crippen molar-refractivity contribution in [2.24, 2.45) is 11.8 Å². The zero-order valence-electron chi connectivity index (χ0n) is 28.1. The molecule has 4 saturated heterocycles. The minimum atomic E-state index is -1.24. The average Bonchev–Trinajstić information content (AvgIpc) is 3.75. The molecule has 12 heteroatoms. The van der Waals surface area contributed by atoms with Crippen LogP contribution in [0.2, 0.25) is 0 Å². The van der Waals surface area contributed by atoms with E-state index in [1.807, 2.05) is 30.3 Å². The van der Waals surface area contributed by atoms with Crippen LogP contribution >= 0.6 is 0 Å². The number of likely N-dealkylation sites (tertiary alicyclic amines) is 1. The number of morpholine rings is 1. The summed E-state index contributed by atoms with van der Waals surface area (Å²) in [6.07, 6.45) is 3.57. The number of rotatable bonds is 16. The summed E-state index contributed by atoms with van der Waals surface area (Å²) < 4.78 is 18.3. The van der Waals surface area contributed by atoms with Gasteiger partial charge in [0.2, 0.25) is 17.7 Å². The van der Waals surface area contributed by atoms with Crippen LogP contribution in [-0.4, -0.2) is 126 Å². The molecule has 0 unspecified atom stereocenters. The van der Waals surface area contributed by atoms with Gasteiger partial charge in [-0.05, 0) is 38.7 Å². The zero-order valence-corrected chi connectivity index (χ0v) is 28.1. The molecule has 0 aromatic heterocycles. The number of carbonyl (C=O) groups is 4. The van der Waals surface area contributed by atoms with Crippen LogP contribution < -0.4 is 5.32 Å². The van der Waals surface area contributed by atoms with Crippen molar-refractivity contribution in [2.45, 2.75) is 75.5 Å². The second kappa shape index (κ2) is 15.8. The quantitative estimate of drug-likeness (QED) is 0.200. The third-order valence-corrected chi connectivity index (χ3v) is 10.2. The number of nitrogens with one attached hydrogen (secondary N) is 1. The average molecular weight is 667 g/mol. The van der Waals surface area contributed by atoms with Crippen LogP contribution in [0.1, 0.15) is 51.2 Å². The maximum Gasteiger partial charge on any atom is 0.313 e. The van der Waals surface area contributed by atoms with Gasteiger partial charge < -0.3 is 34.4 Å². The molecule has 48 heavy (non-hydrogen) atoms. The summed E-state index contributed by atoms with van der Waals surface area (Å²) in [5.41, 5.74) is -0.542. The van der Waals surface area contributed by atoms with Crippen molar-refractivity contribution in [3.8, 4) is 0 Å². The molecule has 262 valence electrons. The van der Waals surface area contributed by atoms with Crippen molar-refractivity contribution in [1.82, 2.24) is 20.0 Å². The number of carbonyl (C=O) groups excluding carboxylic acids is 4. The number of fused-ring (bicyclic) bond motifs is 1. The Morgan fingerprint density at radius 3 is 2.56 bits per heavy atom. The Balaban J connectivity index is 1.41. The second-order valence-electron chi connectivity index (χ2n) is 13.3. The van der Waals surface area contributed by atoms with Gasteiger partial charge in [0.25, 0.3) is 0 Å². The molecule has 1 aromatic carbocycles. The molecule has 4 fully saturated rings. The van der Waals surface area contributed by atoms with Crippen LogP contribution in [0.15, 0.2) is 55.6 Å². The molecule has 4 heterocycles. The molecule has 0 saturated carbocycles. The highest BCUT2D eigenvalue weighted by molar-refractivity contribution is 5.98. The lowest BCUT2D eigenvalue weighted by molar-refractivity contribution is -0.162. The van der Waals surface area contributed by atoms with Gasteiger partial charge in [-0.15, -0.1) is 13.2 Å². The Morgan fingerprint density at radius 2 is 1.90 bits per heavy atom. The lowest BCUT2D eigenvalue weighted by Crippen LogP contribution is -2.59. The van der Waals surface area contributed by atoms with E-state index in [-0.39, 0.29) is 31.4 Å². The standard InChI is InChI=1S/C36H50N4O8/c1-5-7-13-28(42)37-25(4)31(26-11-9-8-10-12-26)47-35(45)29-27-14-15-36(48-27)30(29)33(43)40(24(3)23-41)32(36)34(44)39(16-6-2)18-17-38-19-21-46-22-20-38/h5-6,8-12,24-25,27,29-32,41H,1-2,7,13-23H2,3-4H3,(H,37,42)/t24-,25+,27+,29-,30-,31+,32+,36-/m1/s1. The van der Waals surface area contributed by atoms with Crippen molar-refractivity contribution in [3.05, 3.63) is 61.2 Å². The first kappa shape index (κ1) is 35.7. The summed E-state index contributed by atoms with van der Waals surface area (Å²) >= 11 is 0. The minimum absolute atomic E-state index is 0.194. The van der Waals surface area contributed by atoms with Crippen molar-refractivity contribution in [1.29, 1.82) is 0 Å². The number of allylic oxidation sites excluding steroid dienone is 1. The first-order valence-electron chi connectivity index (χ1n) is 17.1. The molecule has 2 N–H and O–H groups in total. The number of aliphatic hydroxyl groups excluding tert-OH is 1. The predicted octanol–water partition coefficient (Wildman–Crippen LogP) is 1.84. The number of amides is 3. The molecular weight excluding hydrogens is 616 g/mol. The fourth-order valence-electron chi connectivity index (χ4n) is 7.85. The summed E-state index contributed by atoms with van der Waals surface area (Å²) in [5.74, 6) is -3.39. The third-order valence-electron chi connectivity index (χ3n) is 10.2. The van der Waals surface area contributed by atoms with Crippen LogP contribution in [0.4, 0.5) is 0 Å². The Morgan fingerprint density at radius 1 is 1.17 bits per heavy atom. The van der Waals surface area contributed by atoms with E-state index < -0.39 is 59.6 Å². The molecule has 12 nitrogen and oxygen atoms in total. The van der Waals surface area contributed by atoms with E-state index in [9.17, 15) is 24.3 Å². The Kier molecular flexibility index (Phi) is 11.7. The molecule has 8 atom stereocenters. The van der Waals surface area contributed by atoms with Crippen molar-refractivity contribution >= 4 is 23.7 Å². The van der Waals surface area contributed by atoms with Gasteiger partial charge >= 0.3 is 5.97 Å². The summed E-state index contributed by atoms with van der Waals surface area (Å²) in [4.78, 5) is 61.1. The van der Waals surface area contributed by atoms with Gasteiger partial charge in [-0.3, -0.25) is 24.1 Å². The van der Waals surface area contributed by atoms with E-state index in [0.717, 1.165) is 13.1 Å². The molecular formula is C36H50N4O8. The molecule has 4 aliphatic rings. The van der Waals surface area contributed by atoms with Crippen LogP contribution in [0.25, 0.3) is 0 Å². The molecule has 1 spiro atoms. The van der Waals surface area contributed by atoms with E-state index in [1.54, 1.807) is 30.9 Å². The van der Waals surface area contributed by atoms with Gasteiger partial charge in [-0.25, -0.2) is 0 Å². The van der Waals surface area contributed by atoms with Gasteiger partial charge in [0, 0.05) is 39.1 Å². The van der Waals surface area contributed by atoms with Gasteiger partial charge in [-0.1, -0.05) is 42.5 Å². The molecule has 5 rings (SSSR count). The second-order valence-corrected chi connectivity index (χ2v) is 13.3. The van der Waals surface area contributed by atoms with Gasteiger partial charge in [-0.2, -0.15) is 0 Å². The number of aliphatic hydroxyl groups is 1. The topological polar surface area (TPSA) is 138 Å². The van der Waals surface area contributed by atoms with E-state index in [0.29, 0.717) is 51.1 Å². The highest BCUT2D eigenvalue weighted by Crippen LogP contribution is 2.59. The lowest BCUT2D eigenvalue weighted by atomic mass is 9.70. The molecule has 0 aliphatic carbocycles. The fourth-order valence-corrected chi connectivity index (χ4v) is 7.85. The summed E-state index contributed by atoms with van der Waals surface area (Å²) in [6, 6.07) is 6.90. The highest BCUT2D eigenvalue weighted by Gasteiger charge is 2.75. The SMILES string of the molecule is C=CCCC(=O)N[C@@H](C)[C@H](OC(=O)[C@@H]1[C@@H]2CC[C@]3(O2)[C@H](C(=O)N(CC=C)CCN2CCOCC2)N([C@H](C)CO)C(=O)[C@@H]13)c1ccccc1. The minimum Gasteiger partial charge on any atom is -0.455 e. The third kappa shape index (κ3) is 7.08. The maximum absolute atomic E-state index is 14.5. The molecule has 2 bridgehead atoms. The monoisotopic (exact) mass is 666 g/mol. The first-order chi connectivity index (χ1) is 23.2. The Hall–Kier alpha value is -3.58. The number of ether oxygens (including phenoxy) is 3. The van der Waals surface area contributed by atoms with E-state index in [2.05, 4.69) is 23.4 Å². The zero-order chi connectivity index (χ0) is 34.4. The van der Waals surface area contributed by atoms with Crippen LogP contribution in [0.3, 0.4) is 0 Å². The number of hydrogen-bond donors (Lipinski definition) is 2. The molecule has 3 amide bonds. The number of nitrogens with zero attached hydrogens (tertiary/aromatic N) is 3. The Labute approximate surface area is 283 Å². The fraction of sp³-hybridized carbons (Fsp3) is 0.611. The van der Waals surface area contributed by atoms with Crippen LogP contribution in [0.5, 0.6) is 0 Å². The molecule has 0 radical (unpaired) electrons. The number of hydrogen-bond acceptors (Lipinski definition) is 9. The van der Waals surface area contributed by atoms with Crippen molar-refractivity contribution in [3.63, 3.8) is 0 Å². The normalized spacial score (nSPS) is 28.3. The van der Waals surface area contributed by atoms with Crippen molar-refractivity contribution < 1.29 is 38.5 Å². The lowest BCUT2D eigenvalue weighted by Gasteiger charge is -2.39. The van der Waals surface area contributed by atoms with E-state index in [1.165, 1.54) is 4.90 Å². The maximum atomic E-state index is 14.5. The van der Waals surface area contributed by atoms with Gasteiger partial charge in [0.15, 0.2) is 0 Å².